The van der Waals surface area contributed by atoms with E-state index in [9.17, 15) is 8.42 Å². The molecule has 2 aromatic carbocycles. The number of nitrogens with one attached hydrogen (secondary N) is 1. The molecule has 0 radical (unpaired) electrons. The van der Waals surface area contributed by atoms with E-state index in [1.54, 1.807) is 19.1 Å². The molecule has 2 aromatic rings. The number of aryl methyl sites for hydroxylation is 1. The normalized spacial score (nSPS) is 13.1. The Bertz CT molecular complexity index is 760. The lowest BCUT2D eigenvalue weighted by Gasteiger charge is -2.15. The second-order valence-electron chi connectivity index (χ2n) is 4.92. The summed E-state index contributed by atoms with van der Waals surface area (Å²) in [4.78, 5) is 0.174. The first-order chi connectivity index (χ1) is 9.79. The van der Waals surface area contributed by atoms with E-state index in [2.05, 4.69) is 20.7 Å². The summed E-state index contributed by atoms with van der Waals surface area (Å²) < 4.78 is 28.3. The Hall–Kier alpha value is -1.37. The van der Waals surface area contributed by atoms with E-state index in [4.69, 9.17) is 5.73 Å². The molecule has 0 heterocycles. The molecule has 4 nitrogen and oxygen atoms in total. The van der Waals surface area contributed by atoms with Gasteiger partial charge in [0.2, 0.25) is 10.0 Å². The van der Waals surface area contributed by atoms with Gasteiger partial charge < -0.3 is 5.73 Å². The molecule has 0 aliphatic rings. The SMILES string of the molecule is Cc1ccc(S(=O)(=O)NC(C)c2cccc(Br)c2)cc1N. The summed E-state index contributed by atoms with van der Waals surface area (Å²) in [6.45, 7) is 3.64. The van der Waals surface area contributed by atoms with E-state index in [0.29, 0.717) is 5.69 Å². The summed E-state index contributed by atoms with van der Waals surface area (Å²) in [5.74, 6) is 0. The first-order valence-corrected chi connectivity index (χ1v) is 8.71. The molecular formula is C15H17BrN2O2S. The molecule has 1 atom stereocenters. The lowest BCUT2D eigenvalue weighted by atomic mass is 10.1. The predicted molar refractivity (Wildman–Crippen MR) is 88.5 cm³/mol. The van der Waals surface area contributed by atoms with Gasteiger partial charge in [0.1, 0.15) is 0 Å². The Kier molecular flexibility index (Phi) is 4.70. The molecule has 21 heavy (non-hydrogen) atoms. The number of halogens is 1. The Labute approximate surface area is 133 Å². The van der Waals surface area contributed by atoms with Crippen LogP contribution in [0.2, 0.25) is 0 Å². The van der Waals surface area contributed by atoms with Crippen LogP contribution in [0.15, 0.2) is 51.8 Å². The molecule has 0 bridgehead atoms. The Morgan fingerprint density at radius 2 is 1.90 bits per heavy atom. The highest BCUT2D eigenvalue weighted by Gasteiger charge is 2.19. The molecule has 0 saturated carbocycles. The third-order valence-electron chi connectivity index (χ3n) is 3.24. The van der Waals surface area contributed by atoms with Crippen LogP contribution in [0.5, 0.6) is 0 Å². The molecule has 1 unspecified atom stereocenters. The van der Waals surface area contributed by atoms with Gasteiger partial charge in [0.25, 0.3) is 0 Å². The summed E-state index contributed by atoms with van der Waals surface area (Å²) in [7, 11) is -3.61. The molecular weight excluding hydrogens is 352 g/mol. The number of hydrogen-bond donors (Lipinski definition) is 2. The summed E-state index contributed by atoms with van der Waals surface area (Å²) >= 11 is 3.38. The van der Waals surface area contributed by atoms with Gasteiger partial charge in [-0.2, -0.15) is 0 Å². The fourth-order valence-electron chi connectivity index (χ4n) is 1.93. The molecule has 0 aromatic heterocycles. The maximum Gasteiger partial charge on any atom is 0.241 e. The molecule has 0 aliphatic carbocycles. The number of anilines is 1. The van der Waals surface area contributed by atoms with Crippen molar-refractivity contribution in [1.29, 1.82) is 0 Å². The van der Waals surface area contributed by atoms with E-state index < -0.39 is 10.0 Å². The number of benzene rings is 2. The van der Waals surface area contributed by atoms with E-state index >= 15 is 0 Å². The lowest BCUT2D eigenvalue weighted by molar-refractivity contribution is 0.567. The maximum atomic E-state index is 12.4. The van der Waals surface area contributed by atoms with Crippen LogP contribution >= 0.6 is 15.9 Å². The average molecular weight is 369 g/mol. The van der Waals surface area contributed by atoms with Crippen molar-refractivity contribution in [2.24, 2.45) is 0 Å². The van der Waals surface area contributed by atoms with Crippen molar-refractivity contribution in [2.75, 3.05) is 5.73 Å². The fourth-order valence-corrected chi connectivity index (χ4v) is 3.61. The molecule has 0 spiro atoms. The van der Waals surface area contributed by atoms with Gasteiger partial charge in [-0.15, -0.1) is 0 Å². The lowest BCUT2D eigenvalue weighted by Crippen LogP contribution is -2.27. The van der Waals surface area contributed by atoms with Crippen molar-refractivity contribution in [1.82, 2.24) is 4.72 Å². The summed E-state index contributed by atoms with van der Waals surface area (Å²) in [5, 5.41) is 0. The quantitative estimate of drug-likeness (QED) is 0.812. The Morgan fingerprint density at radius 1 is 1.19 bits per heavy atom. The van der Waals surface area contributed by atoms with Crippen molar-refractivity contribution < 1.29 is 8.42 Å². The van der Waals surface area contributed by atoms with Gasteiger partial charge in [-0.05, 0) is 49.2 Å². The van der Waals surface area contributed by atoms with Crippen molar-refractivity contribution in [2.45, 2.75) is 24.8 Å². The van der Waals surface area contributed by atoms with Gasteiger partial charge in [0, 0.05) is 16.2 Å². The maximum absolute atomic E-state index is 12.4. The van der Waals surface area contributed by atoms with E-state index in [-0.39, 0.29) is 10.9 Å². The van der Waals surface area contributed by atoms with Gasteiger partial charge in [0.15, 0.2) is 0 Å². The highest BCUT2D eigenvalue weighted by Crippen LogP contribution is 2.22. The van der Waals surface area contributed by atoms with Crippen molar-refractivity contribution in [3.63, 3.8) is 0 Å². The Morgan fingerprint density at radius 3 is 2.52 bits per heavy atom. The average Bonchev–Trinajstić information content (AvgIpc) is 2.41. The topological polar surface area (TPSA) is 72.2 Å². The van der Waals surface area contributed by atoms with Gasteiger partial charge >= 0.3 is 0 Å². The smallest absolute Gasteiger partial charge is 0.241 e. The van der Waals surface area contributed by atoms with Crippen molar-refractivity contribution in [3.05, 3.63) is 58.1 Å². The zero-order chi connectivity index (χ0) is 15.6. The molecule has 2 rings (SSSR count). The molecule has 0 amide bonds. The zero-order valence-corrected chi connectivity index (χ0v) is 14.2. The van der Waals surface area contributed by atoms with Gasteiger partial charge in [-0.3, -0.25) is 0 Å². The summed E-state index contributed by atoms with van der Waals surface area (Å²) in [6, 6.07) is 11.9. The Balaban J connectivity index is 2.26. The molecule has 0 fully saturated rings. The minimum atomic E-state index is -3.61. The third kappa shape index (κ3) is 3.84. The van der Waals surface area contributed by atoms with Crippen LogP contribution in [0.3, 0.4) is 0 Å². The van der Waals surface area contributed by atoms with E-state index in [1.165, 1.54) is 6.07 Å². The predicted octanol–water partition coefficient (Wildman–Crippen LogP) is 3.38. The zero-order valence-electron chi connectivity index (χ0n) is 11.8. The number of sulfonamides is 1. The first-order valence-electron chi connectivity index (χ1n) is 6.43. The number of hydrogen-bond acceptors (Lipinski definition) is 3. The van der Waals surface area contributed by atoms with Crippen molar-refractivity contribution >= 4 is 31.6 Å². The monoisotopic (exact) mass is 368 g/mol. The minimum absolute atomic E-state index is 0.174. The third-order valence-corrected chi connectivity index (χ3v) is 5.27. The fraction of sp³-hybridized carbons (Fsp3) is 0.200. The second-order valence-corrected chi connectivity index (χ2v) is 7.55. The highest BCUT2D eigenvalue weighted by molar-refractivity contribution is 9.10. The van der Waals surface area contributed by atoms with Crippen LogP contribution in [0.4, 0.5) is 5.69 Å². The molecule has 3 N–H and O–H groups in total. The van der Waals surface area contributed by atoms with Gasteiger partial charge in [-0.1, -0.05) is 34.1 Å². The van der Waals surface area contributed by atoms with Crippen LogP contribution < -0.4 is 10.5 Å². The van der Waals surface area contributed by atoms with Crippen LogP contribution in [-0.2, 0) is 10.0 Å². The summed E-state index contributed by atoms with van der Waals surface area (Å²) in [5.41, 5.74) is 7.98. The molecule has 6 heteroatoms. The van der Waals surface area contributed by atoms with Crippen LogP contribution in [0.1, 0.15) is 24.1 Å². The number of rotatable bonds is 4. The second kappa shape index (κ2) is 6.17. The van der Waals surface area contributed by atoms with Crippen LogP contribution in [0, 0.1) is 6.92 Å². The van der Waals surface area contributed by atoms with Gasteiger partial charge in [-0.25, -0.2) is 13.1 Å². The number of nitrogens with two attached hydrogens (primary N) is 1. The largest absolute Gasteiger partial charge is 0.398 e. The van der Waals surface area contributed by atoms with Crippen LogP contribution in [0.25, 0.3) is 0 Å². The first kappa shape index (κ1) is 16.0. The standard InChI is InChI=1S/C15H17BrN2O2S/c1-10-6-7-14(9-15(10)17)21(19,20)18-11(2)12-4-3-5-13(16)8-12/h3-9,11,18H,17H2,1-2H3. The molecule has 0 aliphatic heterocycles. The minimum Gasteiger partial charge on any atom is -0.398 e. The van der Waals surface area contributed by atoms with Crippen LogP contribution in [-0.4, -0.2) is 8.42 Å². The molecule has 112 valence electrons. The van der Waals surface area contributed by atoms with E-state index in [1.807, 2.05) is 31.2 Å². The summed E-state index contributed by atoms with van der Waals surface area (Å²) in [6.07, 6.45) is 0. The number of nitrogen functional groups attached to an aromatic ring is 1. The van der Waals surface area contributed by atoms with E-state index in [0.717, 1.165) is 15.6 Å². The van der Waals surface area contributed by atoms with Crippen molar-refractivity contribution in [3.8, 4) is 0 Å². The highest BCUT2D eigenvalue weighted by atomic mass is 79.9. The van der Waals surface area contributed by atoms with Gasteiger partial charge in [0.05, 0.1) is 4.90 Å². The molecule has 0 saturated heterocycles.